The average Bonchev–Trinajstić information content (AvgIpc) is 2.46. The highest BCUT2D eigenvalue weighted by Gasteiger charge is 2.22. The van der Waals surface area contributed by atoms with Gasteiger partial charge < -0.3 is 10.2 Å². The Morgan fingerprint density at radius 1 is 1.33 bits per heavy atom. The molecule has 3 heteroatoms. The molecule has 18 heavy (non-hydrogen) atoms. The summed E-state index contributed by atoms with van der Waals surface area (Å²) in [5.74, 6) is 0.855. The van der Waals surface area contributed by atoms with Crippen LogP contribution < -0.4 is 5.32 Å². The standard InChI is InChI=1S/C15H25N3/c1-13(15-5-10-17-11-6-15)18(2)12-7-14-3-8-16-9-4-14/h3-4,8-9,13,15,17H,5-7,10-12H2,1-2H3. The van der Waals surface area contributed by atoms with Crippen molar-refractivity contribution in [2.75, 3.05) is 26.7 Å². The summed E-state index contributed by atoms with van der Waals surface area (Å²) in [6.45, 7) is 5.89. The molecule has 0 aromatic carbocycles. The summed E-state index contributed by atoms with van der Waals surface area (Å²) in [7, 11) is 2.26. The summed E-state index contributed by atoms with van der Waals surface area (Å²) in [5.41, 5.74) is 1.38. The molecule has 0 aliphatic carbocycles. The summed E-state index contributed by atoms with van der Waals surface area (Å²) in [6, 6.07) is 4.92. The first-order valence-corrected chi connectivity index (χ1v) is 7.07. The van der Waals surface area contributed by atoms with Crippen molar-refractivity contribution in [3.63, 3.8) is 0 Å². The molecule has 1 atom stereocenters. The zero-order chi connectivity index (χ0) is 12.8. The summed E-state index contributed by atoms with van der Waals surface area (Å²) in [6.07, 6.45) is 7.52. The quantitative estimate of drug-likeness (QED) is 0.862. The van der Waals surface area contributed by atoms with Gasteiger partial charge in [0.15, 0.2) is 0 Å². The fourth-order valence-corrected chi connectivity index (χ4v) is 2.75. The number of nitrogens with zero attached hydrogens (tertiary/aromatic N) is 2. The summed E-state index contributed by atoms with van der Waals surface area (Å²) in [5, 5.41) is 3.44. The van der Waals surface area contributed by atoms with Crippen molar-refractivity contribution >= 4 is 0 Å². The number of aromatic nitrogens is 1. The maximum absolute atomic E-state index is 4.06. The Morgan fingerprint density at radius 2 is 2.00 bits per heavy atom. The molecule has 0 saturated carbocycles. The second kappa shape index (κ2) is 6.86. The fraction of sp³-hybridized carbons (Fsp3) is 0.667. The van der Waals surface area contributed by atoms with E-state index in [0.717, 1.165) is 18.9 Å². The molecule has 0 bridgehead atoms. The highest BCUT2D eigenvalue weighted by atomic mass is 15.1. The van der Waals surface area contributed by atoms with Crippen molar-refractivity contribution < 1.29 is 0 Å². The highest BCUT2D eigenvalue weighted by molar-refractivity contribution is 5.09. The van der Waals surface area contributed by atoms with Gasteiger partial charge in [0.2, 0.25) is 0 Å². The minimum atomic E-state index is 0.689. The predicted molar refractivity (Wildman–Crippen MR) is 75.6 cm³/mol. The van der Waals surface area contributed by atoms with Crippen LogP contribution >= 0.6 is 0 Å². The van der Waals surface area contributed by atoms with E-state index in [1.54, 1.807) is 0 Å². The van der Waals surface area contributed by atoms with Gasteiger partial charge in [-0.2, -0.15) is 0 Å². The molecular weight excluding hydrogens is 222 g/mol. The Balaban J connectivity index is 1.78. The van der Waals surface area contributed by atoms with Crippen LogP contribution in [-0.4, -0.2) is 42.6 Å². The molecule has 1 aliphatic rings. The maximum atomic E-state index is 4.06. The lowest BCUT2D eigenvalue weighted by Crippen LogP contribution is -2.41. The van der Waals surface area contributed by atoms with Crippen LogP contribution in [0.5, 0.6) is 0 Å². The zero-order valence-electron chi connectivity index (χ0n) is 11.6. The van der Waals surface area contributed by atoms with Crippen molar-refractivity contribution in [2.24, 2.45) is 5.92 Å². The molecule has 0 radical (unpaired) electrons. The van der Waals surface area contributed by atoms with Gasteiger partial charge >= 0.3 is 0 Å². The number of hydrogen-bond donors (Lipinski definition) is 1. The Kier molecular flexibility index (Phi) is 5.14. The van der Waals surface area contributed by atoms with Crippen LogP contribution in [0.4, 0.5) is 0 Å². The predicted octanol–water partition coefficient (Wildman–Crippen LogP) is 1.94. The van der Waals surface area contributed by atoms with Crippen LogP contribution in [-0.2, 0) is 6.42 Å². The molecule has 1 unspecified atom stereocenters. The van der Waals surface area contributed by atoms with E-state index in [9.17, 15) is 0 Å². The van der Waals surface area contributed by atoms with Gasteiger partial charge in [-0.05, 0) is 69.9 Å². The van der Waals surface area contributed by atoms with E-state index in [1.807, 2.05) is 12.4 Å². The van der Waals surface area contributed by atoms with E-state index in [1.165, 1.54) is 31.5 Å². The molecule has 2 rings (SSSR count). The molecule has 2 heterocycles. The minimum absolute atomic E-state index is 0.689. The van der Waals surface area contributed by atoms with Crippen LogP contribution in [0.2, 0.25) is 0 Å². The van der Waals surface area contributed by atoms with Crippen LogP contribution in [0.1, 0.15) is 25.3 Å². The summed E-state index contributed by atoms with van der Waals surface area (Å²) < 4.78 is 0. The number of piperidine rings is 1. The van der Waals surface area contributed by atoms with Crippen LogP contribution in [0.3, 0.4) is 0 Å². The van der Waals surface area contributed by atoms with Gasteiger partial charge in [-0.25, -0.2) is 0 Å². The SMILES string of the molecule is CC(C1CCNCC1)N(C)CCc1ccncc1. The molecule has 1 aromatic rings. The second-order valence-corrected chi connectivity index (χ2v) is 5.41. The van der Waals surface area contributed by atoms with Crippen molar-refractivity contribution in [1.29, 1.82) is 0 Å². The van der Waals surface area contributed by atoms with Crippen LogP contribution in [0.15, 0.2) is 24.5 Å². The lowest BCUT2D eigenvalue weighted by Gasteiger charge is -2.34. The normalized spacial score (nSPS) is 19.1. The number of likely N-dealkylation sites (N-methyl/N-ethyl adjacent to an activating group) is 1. The smallest absolute Gasteiger partial charge is 0.0270 e. The van der Waals surface area contributed by atoms with Crippen LogP contribution in [0.25, 0.3) is 0 Å². The Morgan fingerprint density at radius 3 is 2.67 bits per heavy atom. The monoisotopic (exact) mass is 247 g/mol. The molecule has 1 fully saturated rings. The van der Waals surface area contributed by atoms with E-state index < -0.39 is 0 Å². The van der Waals surface area contributed by atoms with Gasteiger partial charge in [-0.1, -0.05) is 0 Å². The van der Waals surface area contributed by atoms with Crippen LogP contribution in [0, 0.1) is 5.92 Å². The zero-order valence-corrected chi connectivity index (χ0v) is 11.6. The number of pyridine rings is 1. The molecule has 0 amide bonds. The highest BCUT2D eigenvalue weighted by Crippen LogP contribution is 2.20. The molecule has 3 nitrogen and oxygen atoms in total. The van der Waals surface area contributed by atoms with E-state index >= 15 is 0 Å². The first-order valence-electron chi connectivity index (χ1n) is 7.07. The fourth-order valence-electron chi connectivity index (χ4n) is 2.75. The van der Waals surface area contributed by atoms with Crippen molar-refractivity contribution in [2.45, 2.75) is 32.2 Å². The average molecular weight is 247 g/mol. The first kappa shape index (κ1) is 13.5. The Labute approximate surface area is 111 Å². The van der Waals surface area contributed by atoms with Crippen molar-refractivity contribution in [3.8, 4) is 0 Å². The Bertz CT molecular complexity index is 333. The molecule has 1 N–H and O–H groups in total. The Hall–Kier alpha value is -0.930. The third kappa shape index (κ3) is 3.79. The molecule has 1 aromatic heterocycles. The molecule has 1 aliphatic heterocycles. The van der Waals surface area contributed by atoms with Gasteiger partial charge in [0.25, 0.3) is 0 Å². The van der Waals surface area contributed by atoms with Gasteiger partial charge in [-0.15, -0.1) is 0 Å². The largest absolute Gasteiger partial charge is 0.317 e. The maximum Gasteiger partial charge on any atom is 0.0270 e. The van der Waals surface area contributed by atoms with E-state index in [2.05, 4.69) is 41.3 Å². The van der Waals surface area contributed by atoms with E-state index in [0.29, 0.717) is 6.04 Å². The minimum Gasteiger partial charge on any atom is -0.317 e. The number of hydrogen-bond acceptors (Lipinski definition) is 3. The van der Waals surface area contributed by atoms with Gasteiger partial charge in [0.05, 0.1) is 0 Å². The van der Waals surface area contributed by atoms with Crippen molar-refractivity contribution in [3.05, 3.63) is 30.1 Å². The summed E-state index contributed by atoms with van der Waals surface area (Å²) in [4.78, 5) is 6.57. The first-order chi connectivity index (χ1) is 8.77. The van der Waals surface area contributed by atoms with Gasteiger partial charge in [0.1, 0.15) is 0 Å². The third-order valence-electron chi connectivity index (χ3n) is 4.26. The molecule has 1 saturated heterocycles. The van der Waals surface area contributed by atoms with Gasteiger partial charge in [0, 0.05) is 25.0 Å². The lowest BCUT2D eigenvalue weighted by molar-refractivity contribution is 0.164. The number of rotatable bonds is 5. The lowest BCUT2D eigenvalue weighted by atomic mass is 9.90. The summed E-state index contributed by atoms with van der Waals surface area (Å²) >= 11 is 0. The topological polar surface area (TPSA) is 28.2 Å². The van der Waals surface area contributed by atoms with Crippen molar-refractivity contribution in [1.82, 2.24) is 15.2 Å². The number of nitrogens with one attached hydrogen (secondary N) is 1. The molecule has 100 valence electrons. The van der Waals surface area contributed by atoms with E-state index in [4.69, 9.17) is 0 Å². The third-order valence-corrected chi connectivity index (χ3v) is 4.26. The van der Waals surface area contributed by atoms with Gasteiger partial charge in [-0.3, -0.25) is 4.98 Å². The van der Waals surface area contributed by atoms with E-state index in [-0.39, 0.29) is 0 Å². The molecule has 0 spiro atoms. The molecular formula is C15H25N3. The second-order valence-electron chi connectivity index (χ2n) is 5.41.